The first-order valence-corrected chi connectivity index (χ1v) is 8.34. The number of nitrogens with one attached hydrogen (secondary N) is 1. The zero-order valence-electron chi connectivity index (χ0n) is 12.7. The van der Waals surface area contributed by atoms with Crippen molar-refractivity contribution in [1.29, 1.82) is 0 Å². The van der Waals surface area contributed by atoms with E-state index in [0.717, 1.165) is 29.1 Å². The summed E-state index contributed by atoms with van der Waals surface area (Å²) in [6.07, 6.45) is 0. The third-order valence-corrected chi connectivity index (χ3v) is 4.92. The number of hydrogen-bond donors (Lipinski definition) is 2. The molecule has 1 aromatic heterocycles. The van der Waals surface area contributed by atoms with Gasteiger partial charge in [0.25, 0.3) is 0 Å². The van der Waals surface area contributed by atoms with Crippen LogP contribution in [-0.4, -0.2) is 29.2 Å². The molecule has 5 nitrogen and oxygen atoms in total. The van der Waals surface area contributed by atoms with Crippen molar-refractivity contribution in [3.8, 4) is 26.8 Å². The summed E-state index contributed by atoms with van der Waals surface area (Å²) in [7, 11) is 0. The maximum absolute atomic E-state index is 11.6. The van der Waals surface area contributed by atoms with Crippen LogP contribution in [0.1, 0.15) is 10.5 Å². The number of aromatic carboxylic acids is 1. The summed E-state index contributed by atoms with van der Waals surface area (Å²) >= 11 is 1.38. The third-order valence-electron chi connectivity index (χ3n) is 3.77. The molecule has 1 aliphatic rings. The van der Waals surface area contributed by atoms with Gasteiger partial charge in [-0.15, -0.1) is 11.3 Å². The predicted octanol–water partition coefficient (Wildman–Crippen LogP) is 3.98. The number of aromatic nitrogens is 1. The number of fused-ring (bicyclic) bond motifs is 1. The van der Waals surface area contributed by atoms with Gasteiger partial charge in [-0.05, 0) is 23.8 Å². The average molecular weight is 338 g/mol. The zero-order valence-corrected chi connectivity index (χ0v) is 13.5. The number of hydrogen-bond acceptors (Lipinski definition) is 5. The summed E-state index contributed by atoms with van der Waals surface area (Å²) in [6.45, 7) is 1.40. The lowest BCUT2D eigenvalue weighted by Crippen LogP contribution is -2.17. The van der Waals surface area contributed by atoms with E-state index >= 15 is 0 Å². The standard InChI is InChI=1S/C18H14N2O3S/c21-18(22)15-16(11-4-2-1-3-5-11)24-17(20-15)12-6-7-14-13(10-12)19-8-9-23-14/h1-7,10,19H,8-9H2,(H,21,22). The summed E-state index contributed by atoms with van der Waals surface area (Å²) in [5.74, 6) is -0.209. The molecule has 2 aromatic carbocycles. The quantitative estimate of drug-likeness (QED) is 0.756. The SMILES string of the molecule is O=C(O)c1nc(-c2ccc3c(c2)NCCO3)sc1-c1ccccc1. The van der Waals surface area contributed by atoms with Gasteiger partial charge in [-0.2, -0.15) is 0 Å². The van der Waals surface area contributed by atoms with E-state index in [1.54, 1.807) is 0 Å². The molecule has 0 bridgehead atoms. The van der Waals surface area contributed by atoms with Gasteiger partial charge in [0.15, 0.2) is 5.69 Å². The van der Waals surface area contributed by atoms with Crippen molar-refractivity contribution >= 4 is 23.0 Å². The second-order valence-corrected chi connectivity index (χ2v) is 6.35. The van der Waals surface area contributed by atoms with Crippen LogP contribution >= 0.6 is 11.3 Å². The first kappa shape index (κ1) is 14.7. The Morgan fingerprint density at radius 1 is 1.17 bits per heavy atom. The van der Waals surface area contributed by atoms with Crippen LogP contribution in [0, 0.1) is 0 Å². The smallest absolute Gasteiger partial charge is 0.356 e. The van der Waals surface area contributed by atoms with Gasteiger partial charge in [-0.3, -0.25) is 0 Å². The highest BCUT2D eigenvalue weighted by Gasteiger charge is 2.20. The fourth-order valence-corrected chi connectivity index (χ4v) is 3.71. The van der Waals surface area contributed by atoms with E-state index in [9.17, 15) is 9.90 Å². The molecule has 0 unspecified atom stereocenters. The minimum atomic E-state index is -1.02. The number of carboxylic acid groups (broad SMARTS) is 1. The van der Waals surface area contributed by atoms with Crippen LogP contribution in [0.5, 0.6) is 5.75 Å². The van der Waals surface area contributed by atoms with Crippen molar-refractivity contribution in [3.05, 3.63) is 54.2 Å². The second kappa shape index (κ2) is 5.98. The lowest BCUT2D eigenvalue weighted by atomic mass is 10.1. The van der Waals surface area contributed by atoms with Crippen LogP contribution in [0.25, 0.3) is 21.0 Å². The molecule has 0 fully saturated rings. The van der Waals surface area contributed by atoms with Crippen LogP contribution < -0.4 is 10.1 Å². The molecular weight excluding hydrogens is 324 g/mol. The van der Waals surface area contributed by atoms with Gasteiger partial charge in [0.2, 0.25) is 0 Å². The third kappa shape index (κ3) is 2.61. The molecular formula is C18H14N2O3S. The molecule has 6 heteroatoms. The molecule has 2 heterocycles. The van der Waals surface area contributed by atoms with E-state index < -0.39 is 5.97 Å². The van der Waals surface area contributed by atoms with Gasteiger partial charge in [0.1, 0.15) is 17.4 Å². The Kier molecular flexibility index (Phi) is 3.66. The van der Waals surface area contributed by atoms with E-state index in [2.05, 4.69) is 10.3 Å². The number of rotatable bonds is 3. The molecule has 0 aliphatic carbocycles. The Hall–Kier alpha value is -2.86. The van der Waals surface area contributed by atoms with Gasteiger partial charge in [-0.1, -0.05) is 30.3 Å². The van der Waals surface area contributed by atoms with Crippen molar-refractivity contribution in [2.24, 2.45) is 0 Å². The number of carboxylic acids is 1. The van der Waals surface area contributed by atoms with Crippen LogP contribution in [-0.2, 0) is 0 Å². The van der Waals surface area contributed by atoms with Crippen LogP contribution in [0.3, 0.4) is 0 Å². The Balaban J connectivity index is 1.81. The van der Waals surface area contributed by atoms with Gasteiger partial charge in [0.05, 0.1) is 10.6 Å². The highest BCUT2D eigenvalue weighted by Crippen LogP contribution is 2.38. The first-order valence-electron chi connectivity index (χ1n) is 7.53. The van der Waals surface area contributed by atoms with E-state index in [0.29, 0.717) is 16.5 Å². The first-order chi connectivity index (χ1) is 11.7. The molecule has 24 heavy (non-hydrogen) atoms. The van der Waals surface area contributed by atoms with Crippen molar-refractivity contribution in [3.63, 3.8) is 0 Å². The fourth-order valence-electron chi connectivity index (χ4n) is 2.65. The molecule has 0 amide bonds. The number of thiazole rings is 1. The molecule has 0 saturated heterocycles. The summed E-state index contributed by atoms with van der Waals surface area (Å²) in [5.41, 5.74) is 2.73. The summed E-state index contributed by atoms with van der Waals surface area (Å²) in [6, 6.07) is 15.2. The Morgan fingerprint density at radius 2 is 2.00 bits per heavy atom. The topological polar surface area (TPSA) is 71.5 Å². The van der Waals surface area contributed by atoms with Gasteiger partial charge in [0, 0.05) is 12.1 Å². The van der Waals surface area contributed by atoms with Gasteiger partial charge >= 0.3 is 5.97 Å². The van der Waals surface area contributed by atoms with E-state index in [4.69, 9.17) is 4.74 Å². The summed E-state index contributed by atoms with van der Waals surface area (Å²) < 4.78 is 5.58. The van der Waals surface area contributed by atoms with Crippen molar-refractivity contribution in [2.75, 3.05) is 18.5 Å². The second-order valence-electron chi connectivity index (χ2n) is 5.35. The molecule has 0 atom stereocenters. The zero-order chi connectivity index (χ0) is 16.5. The maximum Gasteiger partial charge on any atom is 0.356 e. The molecule has 0 radical (unpaired) electrons. The normalized spacial score (nSPS) is 12.8. The maximum atomic E-state index is 11.6. The predicted molar refractivity (Wildman–Crippen MR) is 93.9 cm³/mol. The van der Waals surface area contributed by atoms with Gasteiger partial charge in [-0.25, -0.2) is 9.78 Å². The average Bonchev–Trinajstić information content (AvgIpc) is 3.08. The Morgan fingerprint density at radius 3 is 2.79 bits per heavy atom. The number of anilines is 1. The molecule has 4 rings (SSSR count). The lowest BCUT2D eigenvalue weighted by Gasteiger charge is -2.19. The van der Waals surface area contributed by atoms with E-state index in [-0.39, 0.29) is 5.69 Å². The highest BCUT2D eigenvalue weighted by molar-refractivity contribution is 7.18. The fraction of sp³-hybridized carbons (Fsp3) is 0.111. The van der Waals surface area contributed by atoms with Crippen LogP contribution in [0.2, 0.25) is 0 Å². The Bertz CT molecular complexity index is 906. The lowest BCUT2D eigenvalue weighted by molar-refractivity contribution is 0.0692. The van der Waals surface area contributed by atoms with Crippen molar-refractivity contribution in [2.45, 2.75) is 0 Å². The Labute approximate surface area is 142 Å². The van der Waals surface area contributed by atoms with Crippen molar-refractivity contribution in [1.82, 2.24) is 4.98 Å². The molecule has 1 aliphatic heterocycles. The van der Waals surface area contributed by atoms with E-state index in [1.165, 1.54) is 11.3 Å². The minimum absolute atomic E-state index is 0.0862. The van der Waals surface area contributed by atoms with Crippen LogP contribution in [0.4, 0.5) is 5.69 Å². The van der Waals surface area contributed by atoms with Crippen LogP contribution in [0.15, 0.2) is 48.5 Å². The molecule has 3 aromatic rings. The molecule has 2 N–H and O–H groups in total. The number of carbonyl (C=O) groups is 1. The molecule has 0 saturated carbocycles. The minimum Gasteiger partial charge on any atom is -0.490 e. The van der Waals surface area contributed by atoms with Crippen molar-refractivity contribution < 1.29 is 14.6 Å². The summed E-state index contributed by atoms with van der Waals surface area (Å²) in [5, 5.41) is 13.5. The number of benzene rings is 2. The molecule has 0 spiro atoms. The van der Waals surface area contributed by atoms with Gasteiger partial charge < -0.3 is 15.2 Å². The summed E-state index contributed by atoms with van der Waals surface area (Å²) in [4.78, 5) is 16.6. The number of nitrogens with zero attached hydrogens (tertiary/aromatic N) is 1. The van der Waals surface area contributed by atoms with E-state index in [1.807, 2.05) is 48.5 Å². The highest BCUT2D eigenvalue weighted by atomic mass is 32.1. The monoisotopic (exact) mass is 338 g/mol. The largest absolute Gasteiger partial charge is 0.490 e. The molecule has 120 valence electrons. The number of ether oxygens (including phenoxy) is 1.